The quantitative estimate of drug-likeness (QED) is 0.834. The van der Waals surface area contributed by atoms with E-state index >= 15 is 0 Å². The smallest absolute Gasteiger partial charge is 0.307 e. The Labute approximate surface area is 106 Å². The zero-order valence-electron chi connectivity index (χ0n) is 9.93. The number of rotatable bonds is 4. The van der Waals surface area contributed by atoms with E-state index in [1.165, 1.54) is 10.5 Å². The second kappa shape index (κ2) is 5.56. The van der Waals surface area contributed by atoms with E-state index in [1.54, 1.807) is 11.8 Å². The predicted molar refractivity (Wildman–Crippen MR) is 69.2 cm³/mol. The SMILES string of the molecule is CSc1ccc(CN2CC[C@@H](C(=O)O)C2)cc1. The van der Waals surface area contributed by atoms with Crippen LogP contribution in [0.4, 0.5) is 0 Å². The maximum absolute atomic E-state index is 10.9. The number of carbonyl (C=O) groups is 1. The molecule has 0 radical (unpaired) electrons. The maximum atomic E-state index is 10.9. The minimum atomic E-state index is -0.662. The Morgan fingerprint density at radius 1 is 1.47 bits per heavy atom. The maximum Gasteiger partial charge on any atom is 0.307 e. The zero-order chi connectivity index (χ0) is 12.3. The van der Waals surface area contributed by atoms with E-state index in [2.05, 4.69) is 35.4 Å². The number of hydrogen-bond acceptors (Lipinski definition) is 3. The second-order valence-electron chi connectivity index (χ2n) is 4.41. The minimum Gasteiger partial charge on any atom is -0.481 e. The number of carboxylic acids is 1. The van der Waals surface area contributed by atoms with Gasteiger partial charge in [-0.1, -0.05) is 12.1 Å². The Hall–Kier alpha value is -1.00. The van der Waals surface area contributed by atoms with E-state index in [1.807, 2.05) is 0 Å². The molecule has 1 saturated heterocycles. The normalized spacial score (nSPS) is 20.6. The van der Waals surface area contributed by atoms with E-state index < -0.39 is 5.97 Å². The first-order valence-corrected chi connectivity index (χ1v) is 6.99. The highest BCUT2D eigenvalue weighted by Crippen LogP contribution is 2.20. The highest BCUT2D eigenvalue weighted by atomic mass is 32.2. The van der Waals surface area contributed by atoms with Crippen LogP contribution in [0.25, 0.3) is 0 Å². The van der Waals surface area contributed by atoms with Gasteiger partial charge in [0.2, 0.25) is 0 Å². The standard InChI is InChI=1S/C13H17NO2S/c1-17-12-4-2-10(3-5-12)8-14-7-6-11(9-14)13(15)16/h2-5,11H,6-9H2,1H3,(H,15,16)/t11-/m1/s1. The summed E-state index contributed by atoms with van der Waals surface area (Å²) < 4.78 is 0. The van der Waals surface area contributed by atoms with Crippen LogP contribution in [-0.2, 0) is 11.3 Å². The van der Waals surface area contributed by atoms with Crippen LogP contribution in [-0.4, -0.2) is 35.3 Å². The van der Waals surface area contributed by atoms with Gasteiger partial charge in [-0.2, -0.15) is 0 Å². The fraction of sp³-hybridized carbons (Fsp3) is 0.462. The van der Waals surface area contributed by atoms with E-state index in [4.69, 9.17) is 5.11 Å². The molecule has 1 heterocycles. The number of hydrogen-bond donors (Lipinski definition) is 1. The van der Waals surface area contributed by atoms with Crippen molar-refractivity contribution in [3.63, 3.8) is 0 Å². The molecular formula is C13H17NO2S. The first kappa shape index (κ1) is 12.5. The summed E-state index contributed by atoms with van der Waals surface area (Å²) in [5, 5.41) is 8.94. The largest absolute Gasteiger partial charge is 0.481 e. The van der Waals surface area contributed by atoms with Crippen LogP contribution in [0.15, 0.2) is 29.2 Å². The summed E-state index contributed by atoms with van der Waals surface area (Å²) in [6.45, 7) is 2.43. The highest BCUT2D eigenvalue weighted by molar-refractivity contribution is 7.98. The van der Waals surface area contributed by atoms with Gasteiger partial charge in [-0.3, -0.25) is 9.69 Å². The van der Waals surface area contributed by atoms with E-state index in [0.29, 0.717) is 6.54 Å². The van der Waals surface area contributed by atoms with Gasteiger partial charge in [0.05, 0.1) is 5.92 Å². The number of nitrogens with zero attached hydrogens (tertiary/aromatic N) is 1. The van der Waals surface area contributed by atoms with Gasteiger partial charge in [-0.25, -0.2) is 0 Å². The molecule has 1 aromatic carbocycles. The topological polar surface area (TPSA) is 40.5 Å². The lowest BCUT2D eigenvalue weighted by atomic mass is 10.1. The van der Waals surface area contributed by atoms with Gasteiger partial charge in [0, 0.05) is 18.0 Å². The van der Waals surface area contributed by atoms with E-state index in [0.717, 1.165) is 19.5 Å². The third kappa shape index (κ3) is 3.23. The number of thioether (sulfide) groups is 1. The summed E-state index contributed by atoms with van der Waals surface area (Å²) in [6.07, 6.45) is 2.84. The van der Waals surface area contributed by atoms with Crippen molar-refractivity contribution in [1.82, 2.24) is 4.90 Å². The number of likely N-dealkylation sites (tertiary alicyclic amines) is 1. The molecule has 3 nitrogen and oxygen atoms in total. The molecule has 0 spiro atoms. The highest BCUT2D eigenvalue weighted by Gasteiger charge is 2.27. The number of carboxylic acid groups (broad SMARTS) is 1. The van der Waals surface area contributed by atoms with Crippen molar-refractivity contribution in [2.45, 2.75) is 17.9 Å². The lowest BCUT2D eigenvalue weighted by Crippen LogP contribution is -2.22. The van der Waals surface area contributed by atoms with Crippen LogP contribution >= 0.6 is 11.8 Å². The average molecular weight is 251 g/mol. The molecule has 1 aliphatic heterocycles. The Bertz CT molecular complexity index is 391. The molecule has 0 bridgehead atoms. The number of benzene rings is 1. The summed E-state index contributed by atoms with van der Waals surface area (Å²) in [5.41, 5.74) is 1.26. The van der Waals surface area contributed by atoms with Gasteiger partial charge in [0.1, 0.15) is 0 Å². The van der Waals surface area contributed by atoms with Crippen molar-refractivity contribution < 1.29 is 9.90 Å². The summed E-state index contributed by atoms with van der Waals surface area (Å²) in [5.74, 6) is -0.842. The number of aliphatic carboxylic acids is 1. The van der Waals surface area contributed by atoms with Crippen molar-refractivity contribution in [2.24, 2.45) is 5.92 Å². The van der Waals surface area contributed by atoms with Crippen molar-refractivity contribution >= 4 is 17.7 Å². The molecule has 2 rings (SSSR count). The zero-order valence-corrected chi connectivity index (χ0v) is 10.7. The van der Waals surface area contributed by atoms with Gasteiger partial charge < -0.3 is 5.11 Å². The van der Waals surface area contributed by atoms with Crippen molar-refractivity contribution in [2.75, 3.05) is 19.3 Å². The van der Waals surface area contributed by atoms with Gasteiger partial charge in [0.15, 0.2) is 0 Å². The minimum absolute atomic E-state index is 0.180. The van der Waals surface area contributed by atoms with Gasteiger partial charge in [-0.05, 0) is 36.9 Å². The van der Waals surface area contributed by atoms with Crippen LogP contribution in [0.5, 0.6) is 0 Å². The van der Waals surface area contributed by atoms with Crippen molar-refractivity contribution in [1.29, 1.82) is 0 Å². The molecule has 0 amide bonds. The summed E-state index contributed by atoms with van der Waals surface area (Å²) in [7, 11) is 0. The van der Waals surface area contributed by atoms with Crippen LogP contribution in [0, 0.1) is 5.92 Å². The summed E-state index contributed by atoms with van der Waals surface area (Å²) in [6, 6.07) is 8.48. The summed E-state index contributed by atoms with van der Waals surface area (Å²) in [4.78, 5) is 14.3. The monoisotopic (exact) mass is 251 g/mol. The van der Waals surface area contributed by atoms with Crippen LogP contribution in [0.2, 0.25) is 0 Å². The molecule has 1 atom stereocenters. The van der Waals surface area contributed by atoms with E-state index in [-0.39, 0.29) is 5.92 Å². The van der Waals surface area contributed by atoms with Crippen LogP contribution in [0.3, 0.4) is 0 Å². The third-order valence-electron chi connectivity index (χ3n) is 3.19. The Morgan fingerprint density at radius 2 is 2.18 bits per heavy atom. The fourth-order valence-electron chi connectivity index (χ4n) is 2.17. The van der Waals surface area contributed by atoms with Gasteiger partial charge in [0.25, 0.3) is 0 Å². The third-order valence-corrected chi connectivity index (χ3v) is 3.93. The molecule has 4 heteroatoms. The molecule has 92 valence electrons. The lowest BCUT2D eigenvalue weighted by molar-refractivity contribution is -0.141. The predicted octanol–water partition coefficient (Wildman–Crippen LogP) is 2.32. The summed E-state index contributed by atoms with van der Waals surface area (Å²) >= 11 is 1.73. The van der Waals surface area contributed by atoms with Crippen LogP contribution < -0.4 is 0 Å². The van der Waals surface area contributed by atoms with Crippen molar-refractivity contribution in [3.05, 3.63) is 29.8 Å². The fourth-order valence-corrected chi connectivity index (χ4v) is 2.58. The molecule has 17 heavy (non-hydrogen) atoms. The molecule has 0 aromatic heterocycles. The first-order valence-electron chi connectivity index (χ1n) is 5.77. The molecule has 1 N–H and O–H groups in total. The lowest BCUT2D eigenvalue weighted by Gasteiger charge is -2.15. The van der Waals surface area contributed by atoms with Gasteiger partial charge >= 0.3 is 5.97 Å². The Balaban J connectivity index is 1.91. The van der Waals surface area contributed by atoms with Crippen molar-refractivity contribution in [3.8, 4) is 0 Å². The second-order valence-corrected chi connectivity index (χ2v) is 5.29. The first-order chi connectivity index (χ1) is 8.19. The molecular weight excluding hydrogens is 234 g/mol. The molecule has 1 fully saturated rings. The van der Waals surface area contributed by atoms with Gasteiger partial charge in [-0.15, -0.1) is 11.8 Å². The molecule has 0 unspecified atom stereocenters. The molecule has 0 saturated carbocycles. The molecule has 1 aliphatic rings. The Morgan fingerprint density at radius 3 is 2.71 bits per heavy atom. The Kier molecular flexibility index (Phi) is 4.07. The molecule has 1 aromatic rings. The van der Waals surface area contributed by atoms with E-state index in [9.17, 15) is 4.79 Å². The average Bonchev–Trinajstić information content (AvgIpc) is 2.79. The van der Waals surface area contributed by atoms with Crippen LogP contribution in [0.1, 0.15) is 12.0 Å². The molecule has 0 aliphatic carbocycles.